The van der Waals surface area contributed by atoms with Gasteiger partial charge < -0.3 is 10.4 Å². The van der Waals surface area contributed by atoms with Gasteiger partial charge in [0.15, 0.2) is 9.84 Å². The van der Waals surface area contributed by atoms with Crippen molar-refractivity contribution in [3.63, 3.8) is 0 Å². The van der Waals surface area contributed by atoms with Crippen molar-refractivity contribution in [2.45, 2.75) is 24.3 Å². The van der Waals surface area contributed by atoms with Crippen molar-refractivity contribution in [3.8, 4) is 0 Å². The molecule has 0 aliphatic rings. The van der Waals surface area contributed by atoms with Gasteiger partial charge in [-0.3, -0.25) is 0 Å². The predicted molar refractivity (Wildman–Crippen MR) is 64.9 cm³/mol. The van der Waals surface area contributed by atoms with E-state index in [1.165, 1.54) is 12.1 Å². The van der Waals surface area contributed by atoms with E-state index in [0.29, 0.717) is 12.1 Å². The van der Waals surface area contributed by atoms with Crippen LogP contribution in [0.4, 0.5) is 5.69 Å². The third-order valence-corrected chi connectivity index (χ3v) is 3.46. The molecular formula is C11H15NO4S. The summed E-state index contributed by atoms with van der Waals surface area (Å²) in [6, 6.07) is 5.35. The number of carboxylic acids is 1. The number of carbonyl (C=O) groups is 1. The summed E-state index contributed by atoms with van der Waals surface area (Å²) in [4.78, 5) is 11.0. The van der Waals surface area contributed by atoms with E-state index in [1.54, 1.807) is 19.1 Å². The number of rotatable bonds is 5. The Hall–Kier alpha value is -1.56. The van der Waals surface area contributed by atoms with Gasteiger partial charge in [-0.2, -0.15) is 0 Å². The minimum absolute atomic E-state index is 0.214. The molecule has 1 aromatic rings. The zero-order valence-corrected chi connectivity index (χ0v) is 10.5. The number of carboxylic acid groups (broad SMARTS) is 1. The second kappa shape index (κ2) is 5.18. The molecule has 0 heterocycles. The van der Waals surface area contributed by atoms with Crippen LogP contribution >= 0.6 is 0 Å². The van der Waals surface area contributed by atoms with Crippen molar-refractivity contribution in [1.29, 1.82) is 0 Å². The van der Waals surface area contributed by atoms with Crippen LogP contribution in [0.5, 0.6) is 0 Å². The number of hydrogen-bond acceptors (Lipinski definition) is 4. The van der Waals surface area contributed by atoms with Gasteiger partial charge in [0.2, 0.25) is 0 Å². The van der Waals surface area contributed by atoms with Crippen LogP contribution in [0.25, 0.3) is 0 Å². The maximum atomic E-state index is 11.2. The molecule has 1 rings (SSSR count). The summed E-state index contributed by atoms with van der Waals surface area (Å²) >= 11 is 0. The summed E-state index contributed by atoms with van der Waals surface area (Å²) in [5.74, 6) is -0.931. The van der Waals surface area contributed by atoms with Crippen LogP contribution < -0.4 is 5.32 Å². The van der Waals surface area contributed by atoms with Gasteiger partial charge in [0.1, 0.15) is 6.04 Å². The number of anilines is 1. The fourth-order valence-corrected chi connectivity index (χ4v) is 1.97. The summed E-state index contributed by atoms with van der Waals surface area (Å²) in [7, 11) is -3.21. The highest BCUT2D eigenvalue weighted by Crippen LogP contribution is 2.15. The van der Waals surface area contributed by atoms with Crippen LogP contribution in [-0.4, -0.2) is 31.8 Å². The van der Waals surface area contributed by atoms with Crippen molar-refractivity contribution >= 4 is 21.5 Å². The molecule has 0 bridgehead atoms. The molecule has 0 aromatic heterocycles. The molecule has 0 aliphatic carbocycles. The first-order valence-electron chi connectivity index (χ1n) is 5.14. The van der Waals surface area contributed by atoms with Crippen LogP contribution in [0.15, 0.2) is 29.2 Å². The van der Waals surface area contributed by atoms with Gasteiger partial charge in [0.25, 0.3) is 0 Å². The van der Waals surface area contributed by atoms with Crippen LogP contribution in [0.3, 0.4) is 0 Å². The number of hydrogen-bond donors (Lipinski definition) is 2. The minimum Gasteiger partial charge on any atom is -0.480 e. The molecule has 1 aromatic carbocycles. The molecule has 2 N–H and O–H groups in total. The average Bonchev–Trinajstić information content (AvgIpc) is 2.25. The maximum Gasteiger partial charge on any atom is 0.326 e. The number of benzene rings is 1. The molecule has 0 saturated heterocycles. The van der Waals surface area contributed by atoms with Crippen LogP contribution in [0.2, 0.25) is 0 Å². The van der Waals surface area contributed by atoms with Crippen molar-refractivity contribution in [2.24, 2.45) is 0 Å². The molecule has 6 heteroatoms. The first-order chi connectivity index (χ1) is 7.84. The molecule has 94 valence electrons. The monoisotopic (exact) mass is 257 g/mol. The first kappa shape index (κ1) is 13.5. The number of sulfone groups is 1. The SMILES string of the molecule is CCC(Nc1ccc(S(C)(=O)=O)cc1)C(=O)O. The Morgan fingerprint density at radius 3 is 2.24 bits per heavy atom. The Labute approximate surface area is 100 Å². The van der Waals surface area contributed by atoms with Crippen molar-refractivity contribution < 1.29 is 18.3 Å². The third kappa shape index (κ3) is 3.74. The minimum atomic E-state index is -3.21. The molecule has 0 fully saturated rings. The zero-order valence-electron chi connectivity index (χ0n) is 9.67. The van der Waals surface area contributed by atoms with E-state index >= 15 is 0 Å². The van der Waals surface area contributed by atoms with E-state index in [-0.39, 0.29) is 4.90 Å². The highest BCUT2D eigenvalue weighted by Gasteiger charge is 2.14. The standard InChI is InChI=1S/C11H15NO4S/c1-3-10(11(13)14)12-8-4-6-9(7-5-8)17(2,15)16/h4-7,10,12H,3H2,1-2H3,(H,13,14). The van der Waals surface area contributed by atoms with Crippen LogP contribution in [0, 0.1) is 0 Å². The molecule has 0 amide bonds. The smallest absolute Gasteiger partial charge is 0.326 e. The van der Waals surface area contributed by atoms with Crippen LogP contribution in [0.1, 0.15) is 13.3 Å². The largest absolute Gasteiger partial charge is 0.480 e. The summed E-state index contributed by atoms with van der Waals surface area (Å²) in [6.45, 7) is 1.76. The predicted octanol–water partition coefficient (Wildman–Crippen LogP) is 1.37. The van der Waals surface area contributed by atoms with Crippen molar-refractivity contribution in [2.75, 3.05) is 11.6 Å². The molecule has 0 saturated carbocycles. The van der Waals surface area contributed by atoms with Crippen molar-refractivity contribution in [1.82, 2.24) is 0 Å². The van der Waals surface area contributed by atoms with E-state index in [0.717, 1.165) is 6.26 Å². The lowest BCUT2D eigenvalue weighted by Gasteiger charge is -2.13. The van der Waals surface area contributed by atoms with Gasteiger partial charge in [0, 0.05) is 11.9 Å². The molecule has 17 heavy (non-hydrogen) atoms. The summed E-state index contributed by atoms with van der Waals surface area (Å²) in [5.41, 5.74) is 0.589. The lowest BCUT2D eigenvalue weighted by atomic mass is 10.2. The van der Waals surface area contributed by atoms with E-state index in [4.69, 9.17) is 5.11 Å². The van der Waals surface area contributed by atoms with E-state index in [9.17, 15) is 13.2 Å². The lowest BCUT2D eigenvalue weighted by Crippen LogP contribution is -2.28. The topological polar surface area (TPSA) is 83.5 Å². The Morgan fingerprint density at radius 1 is 1.35 bits per heavy atom. The fraction of sp³-hybridized carbons (Fsp3) is 0.364. The Balaban J connectivity index is 2.85. The Morgan fingerprint density at radius 2 is 1.88 bits per heavy atom. The van der Waals surface area contributed by atoms with Gasteiger partial charge in [-0.05, 0) is 30.7 Å². The highest BCUT2D eigenvalue weighted by molar-refractivity contribution is 7.90. The molecule has 5 nitrogen and oxygen atoms in total. The highest BCUT2D eigenvalue weighted by atomic mass is 32.2. The number of aliphatic carboxylic acids is 1. The van der Waals surface area contributed by atoms with Gasteiger partial charge in [-0.25, -0.2) is 13.2 Å². The third-order valence-electron chi connectivity index (χ3n) is 2.33. The van der Waals surface area contributed by atoms with Crippen LogP contribution in [-0.2, 0) is 14.6 Å². The summed E-state index contributed by atoms with van der Waals surface area (Å²) in [6.07, 6.45) is 1.57. The van der Waals surface area contributed by atoms with E-state index < -0.39 is 21.8 Å². The number of nitrogens with one attached hydrogen (secondary N) is 1. The Bertz CT molecular complexity index is 493. The fourth-order valence-electron chi connectivity index (χ4n) is 1.34. The second-order valence-electron chi connectivity index (χ2n) is 3.74. The molecule has 0 radical (unpaired) electrons. The average molecular weight is 257 g/mol. The molecular weight excluding hydrogens is 242 g/mol. The van der Waals surface area contributed by atoms with Gasteiger partial charge in [-0.15, -0.1) is 0 Å². The lowest BCUT2D eigenvalue weighted by molar-refractivity contribution is -0.137. The van der Waals surface area contributed by atoms with Gasteiger partial charge in [0.05, 0.1) is 4.90 Å². The van der Waals surface area contributed by atoms with Gasteiger partial charge >= 0.3 is 5.97 Å². The second-order valence-corrected chi connectivity index (χ2v) is 5.76. The van der Waals surface area contributed by atoms with E-state index in [1.807, 2.05) is 0 Å². The molecule has 1 unspecified atom stereocenters. The normalized spacial score (nSPS) is 13.1. The van der Waals surface area contributed by atoms with Crippen molar-refractivity contribution in [3.05, 3.63) is 24.3 Å². The molecule has 0 spiro atoms. The maximum absolute atomic E-state index is 11.2. The van der Waals surface area contributed by atoms with E-state index in [2.05, 4.69) is 5.32 Å². The van der Waals surface area contributed by atoms with Gasteiger partial charge in [-0.1, -0.05) is 6.92 Å². The molecule has 0 aliphatic heterocycles. The summed E-state index contributed by atoms with van der Waals surface area (Å²) in [5, 5.41) is 11.7. The summed E-state index contributed by atoms with van der Waals surface area (Å²) < 4.78 is 22.4. The Kier molecular flexibility index (Phi) is 4.11. The quantitative estimate of drug-likeness (QED) is 0.832. The zero-order chi connectivity index (χ0) is 13.1. The first-order valence-corrected chi connectivity index (χ1v) is 7.03. The molecule has 1 atom stereocenters.